The van der Waals surface area contributed by atoms with Crippen LogP contribution in [-0.4, -0.2) is 34.2 Å². The van der Waals surface area contributed by atoms with Gasteiger partial charge in [0.15, 0.2) is 0 Å². The van der Waals surface area contributed by atoms with Gasteiger partial charge in [0.05, 0.1) is 11.6 Å². The molecule has 1 aliphatic rings. The molecule has 2 aromatic rings. The van der Waals surface area contributed by atoms with Crippen LogP contribution in [0.25, 0.3) is 10.9 Å². The number of para-hydroxylation sites is 1. The topological polar surface area (TPSA) is 36.4 Å². The molecule has 1 aromatic heterocycles. The number of halogens is 1. The molecule has 0 saturated carbocycles. The van der Waals surface area contributed by atoms with E-state index in [9.17, 15) is 5.11 Å². The average Bonchev–Trinajstić information content (AvgIpc) is 2.42. The number of pyridine rings is 1. The van der Waals surface area contributed by atoms with Crippen LogP contribution in [0, 0.1) is 0 Å². The fourth-order valence-corrected chi connectivity index (χ4v) is 2.77. The second-order valence-corrected chi connectivity index (χ2v) is 5.50. The van der Waals surface area contributed by atoms with Gasteiger partial charge < -0.3 is 5.11 Å². The molecule has 1 fully saturated rings. The molecule has 2 heterocycles. The number of piperidine rings is 1. The normalized spacial score (nSPS) is 18.0. The summed E-state index contributed by atoms with van der Waals surface area (Å²) in [4.78, 5) is 6.77. The first-order valence-corrected chi connectivity index (χ1v) is 7.05. The minimum absolute atomic E-state index is 0.138. The molecule has 0 aliphatic carbocycles. The van der Waals surface area contributed by atoms with E-state index in [2.05, 4.69) is 22.0 Å². The van der Waals surface area contributed by atoms with Gasteiger partial charge in [-0.15, -0.1) is 0 Å². The molecule has 1 aromatic carbocycles. The minimum atomic E-state index is -0.138. The van der Waals surface area contributed by atoms with Crippen LogP contribution in [0.2, 0.25) is 5.15 Å². The number of benzene rings is 1. The molecule has 1 saturated heterocycles. The van der Waals surface area contributed by atoms with Crippen LogP contribution < -0.4 is 0 Å². The molecular weight excluding hydrogens is 260 g/mol. The van der Waals surface area contributed by atoms with Gasteiger partial charge in [-0.1, -0.05) is 29.8 Å². The molecule has 100 valence electrons. The predicted molar refractivity (Wildman–Crippen MR) is 77.3 cm³/mol. The molecule has 3 nitrogen and oxygen atoms in total. The zero-order valence-electron chi connectivity index (χ0n) is 10.7. The fourth-order valence-electron chi connectivity index (χ4n) is 2.57. The van der Waals surface area contributed by atoms with Crippen molar-refractivity contribution in [3.8, 4) is 0 Å². The SMILES string of the molecule is OC1CCN(Cc2cc3ccccc3nc2Cl)CC1. The second kappa shape index (κ2) is 5.45. The van der Waals surface area contributed by atoms with Crippen molar-refractivity contribution < 1.29 is 5.11 Å². The highest BCUT2D eigenvalue weighted by Gasteiger charge is 2.18. The molecule has 19 heavy (non-hydrogen) atoms. The predicted octanol–water partition coefficient (Wildman–Crippen LogP) is 2.84. The van der Waals surface area contributed by atoms with Gasteiger partial charge in [0.2, 0.25) is 0 Å². The van der Waals surface area contributed by atoms with E-state index in [1.165, 1.54) is 0 Å². The lowest BCUT2D eigenvalue weighted by molar-refractivity contribution is 0.0792. The molecule has 4 heteroatoms. The Labute approximate surface area is 117 Å². The molecular formula is C15H17ClN2O. The Balaban J connectivity index is 1.82. The largest absolute Gasteiger partial charge is 0.393 e. The van der Waals surface area contributed by atoms with Crippen LogP contribution in [0.4, 0.5) is 0 Å². The van der Waals surface area contributed by atoms with Crippen molar-refractivity contribution in [3.63, 3.8) is 0 Å². The number of fused-ring (bicyclic) bond motifs is 1. The Morgan fingerprint density at radius 1 is 1.26 bits per heavy atom. The van der Waals surface area contributed by atoms with Crippen molar-refractivity contribution in [2.75, 3.05) is 13.1 Å². The zero-order chi connectivity index (χ0) is 13.2. The van der Waals surface area contributed by atoms with Gasteiger partial charge >= 0.3 is 0 Å². The lowest BCUT2D eigenvalue weighted by Gasteiger charge is -2.29. The number of aromatic nitrogens is 1. The Kier molecular flexibility index (Phi) is 3.69. The van der Waals surface area contributed by atoms with E-state index in [1.807, 2.05) is 18.2 Å². The third-order valence-corrected chi connectivity index (χ3v) is 4.03. The van der Waals surface area contributed by atoms with Crippen molar-refractivity contribution in [1.29, 1.82) is 0 Å². The van der Waals surface area contributed by atoms with Gasteiger partial charge in [-0.05, 0) is 25.0 Å². The van der Waals surface area contributed by atoms with Crippen LogP contribution in [0.3, 0.4) is 0 Å². The van der Waals surface area contributed by atoms with Gasteiger partial charge in [-0.2, -0.15) is 0 Å². The molecule has 0 atom stereocenters. The molecule has 0 amide bonds. The number of hydrogen-bond acceptors (Lipinski definition) is 3. The van der Waals surface area contributed by atoms with Crippen molar-refractivity contribution >= 4 is 22.5 Å². The van der Waals surface area contributed by atoms with Gasteiger partial charge in [0.25, 0.3) is 0 Å². The lowest BCUT2D eigenvalue weighted by atomic mass is 10.1. The number of nitrogens with zero attached hydrogens (tertiary/aromatic N) is 2. The molecule has 0 unspecified atom stereocenters. The van der Waals surface area contributed by atoms with Crippen LogP contribution >= 0.6 is 11.6 Å². The molecule has 0 spiro atoms. The van der Waals surface area contributed by atoms with Crippen LogP contribution in [0.15, 0.2) is 30.3 Å². The van der Waals surface area contributed by atoms with Gasteiger partial charge in [0.1, 0.15) is 5.15 Å². The summed E-state index contributed by atoms with van der Waals surface area (Å²) in [6.07, 6.45) is 1.55. The van der Waals surface area contributed by atoms with Crippen molar-refractivity contribution in [2.24, 2.45) is 0 Å². The lowest BCUT2D eigenvalue weighted by Crippen LogP contribution is -2.35. The molecule has 0 bridgehead atoms. The Bertz CT molecular complexity index is 579. The summed E-state index contributed by atoms with van der Waals surface area (Å²) >= 11 is 6.26. The van der Waals surface area contributed by atoms with Gasteiger partial charge in [-0.25, -0.2) is 4.98 Å². The van der Waals surface area contributed by atoms with E-state index in [0.717, 1.165) is 48.9 Å². The Hall–Kier alpha value is -1.16. The van der Waals surface area contributed by atoms with E-state index in [4.69, 9.17) is 11.6 Å². The average molecular weight is 277 g/mol. The quantitative estimate of drug-likeness (QED) is 0.857. The summed E-state index contributed by atoms with van der Waals surface area (Å²) in [5.74, 6) is 0. The molecule has 0 radical (unpaired) electrons. The fraction of sp³-hybridized carbons (Fsp3) is 0.400. The third-order valence-electron chi connectivity index (χ3n) is 3.70. The first-order valence-electron chi connectivity index (χ1n) is 6.67. The first-order chi connectivity index (χ1) is 9.22. The Morgan fingerprint density at radius 2 is 2.00 bits per heavy atom. The molecule has 1 aliphatic heterocycles. The summed E-state index contributed by atoms with van der Waals surface area (Å²) in [6.45, 7) is 2.65. The van der Waals surface area contributed by atoms with E-state index in [0.29, 0.717) is 5.15 Å². The first kappa shape index (κ1) is 12.9. The maximum Gasteiger partial charge on any atom is 0.134 e. The number of aliphatic hydroxyl groups excluding tert-OH is 1. The Morgan fingerprint density at radius 3 is 2.79 bits per heavy atom. The van der Waals surface area contributed by atoms with Crippen molar-refractivity contribution in [2.45, 2.75) is 25.5 Å². The summed E-state index contributed by atoms with van der Waals surface area (Å²) in [5.41, 5.74) is 2.00. The summed E-state index contributed by atoms with van der Waals surface area (Å²) in [6, 6.07) is 10.1. The minimum Gasteiger partial charge on any atom is -0.393 e. The zero-order valence-corrected chi connectivity index (χ0v) is 11.5. The van der Waals surface area contributed by atoms with Crippen LogP contribution in [0.1, 0.15) is 18.4 Å². The highest BCUT2D eigenvalue weighted by molar-refractivity contribution is 6.30. The number of hydrogen-bond donors (Lipinski definition) is 1. The third kappa shape index (κ3) is 2.89. The highest BCUT2D eigenvalue weighted by atomic mass is 35.5. The van der Waals surface area contributed by atoms with E-state index < -0.39 is 0 Å². The number of rotatable bonds is 2. The summed E-state index contributed by atoms with van der Waals surface area (Å²) in [7, 11) is 0. The summed E-state index contributed by atoms with van der Waals surface area (Å²) in [5, 5.41) is 11.2. The molecule has 3 rings (SSSR count). The van der Waals surface area contributed by atoms with Gasteiger partial charge in [0, 0.05) is 30.6 Å². The van der Waals surface area contributed by atoms with Crippen LogP contribution in [-0.2, 0) is 6.54 Å². The van der Waals surface area contributed by atoms with Gasteiger partial charge in [-0.3, -0.25) is 4.90 Å². The maximum absolute atomic E-state index is 9.52. The van der Waals surface area contributed by atoms with Crippen molar-refractivity contribution in [1.82, 2.24) is 9.88 Å². The van der Waals surface area contributed by atoms with E-state index in [1.54, 1.807) is 0 Å². The number of aliphatic hydroxyl groups is 1. The standard InChI is InChI=1S/C15H17ClN2O/c16-15-12(10-18-7-5-13(19)6-8-18)9-11-3-1-2-4-14(11)17-15/h1-4,9,13,19H,5-8,10H2. The summed E-state index contributed by atoms with van der Waals surface area (Å²) < 4.78 is 0. The second-order valence-electron chi connectivity index (χ2n) is 5.14. The number of likely N-dealkylation sites (tertiary alicyclic amines) is 1. The monoisotopic (exact) mass is 276 g/mol. The maximum atomic E-state index is 9.52. The smallest absolute Gasteiger partial charge is 0.134 e. The van der Waals surface area contributed by atoms with Crippen LogP contribution in [0.5, 0.6) is 0 Å². The van der Waals surface area contributed by atoms with Crippen molar-refractivity contribution in [3.05, 3.63) is 41.0 Å². The highest BCUT2D eigenvalue weighted by Crippen LogP contribution is 2.23. The van der Waals surface area contributed by atoms with E-state index >= 15 is 0 Å². The van der Waals surface area contributed by atoms with E-state index in [-0.39, 0.29) is 6.10 Å². The molecule has 1 N–H and O–H groups in total.